The molecule has 5 nitrogen and oxygen atoms in total. The highest BCUT2D eigenvalue weighted by molar-refractivity contribution is 9.11. The first kappa shape index (κ1) is 12.2. The Morgan fingerprint density at radius 1 is 1.67 bits per heavy atom. The van der Waals surface area contributed by atoms with E-state index in [1.807, 2.05) is 12.4 Å². The largest absolute Gasteiger partial charge is 0.479 e. The molecule has 15 heavy (non-hydrogen) atoms. The number of hydrogen-bond acceptors (Lipinski definition) is 4. The molecule has 0 atom stereocenters. The number of carbonyl (C=O) groups excluding carboxylic acids is 1. The van der Waals surface area contributed by atoms with Crippen LogP contribution in [0.2, 0.25) is 0 Å². The van der Waals surface area contributed by atoms with Gasteiger partial charge in [-0.15, -0.1) is 11.3 Å². The summed E-state index contributed by atoms with van der Waals surface area (Å²) in [5, 5.41) is 8.26. The number of carboxylic acids is 1. The molecule has 0 saturated carbocycles. The molecule has 0 spiro atoms. The van der Waals surface area contributed by atoms with E-state index in [0.717, 1.165) is 9.35 Å². The minimum atomic E-state index is -1.14. The average Bonchev–Trinajstić information content (AvgIpc) is 2.46. The van der Waals surface area contributed by atoms with E-state index in [0.29, 0.717) is 4.88 Å². The van der Waals surface area contributed by atoms with E-state index in [1.54, 1.807) is 6.07 Å². The second-order valence-corrected chi connectivity index (χ2v) is 5.05. The molecule has 0 saturated heterocycles. The molecule has 0 aliphatic heterocycles. The van der Waals surface area contributed by atoms with Gasteiger partial charge in [-0.3, -0.25) is 9.63 Å². The third-order valence-electron chi connectivity index (χ3n) is 1.44. The lowest BCUT2D eigenvalue weighted by molar-refractivity contribution is -0.144. The maximum Gasteiger partial charge on any atom is 0.332 e. The number of aryl methyl sites for hydroxylation is 1. The van der Waals surface area contributed by atoms with Crippen LogP contribution < -0.4 is 5.48 Å². The smallest absolute Gasteiger partial charge is 0.332 e. The molecule has 0 aliphatic carbocycles. The lowest BCUT2D eigenvalue weighted by atomic mass is 10.3. The molecule has 0 unspecified atom stereocenters. The van der Waals surface area contributed by atoms with Crippen LogP contribution >= 0.6 is 27.3 Å². The van der Waals surface area contributed by atoms with Gasteiger partial charge in [0, 0.05) is 0 Å². The van der Waals surface area contributed by atoms with Crippen molar-refractivity contribution in [2.24, 2.45) is 0 Å². The molecule has 0 bridgehead atoms. The first-order valence-corrected chi connectivity index (χ1v) is 5.51. The molecule has 1 amide bonds. The monoisotopic (exact) mass is 293 g/mol. The highest BCUT2D eigenvalue weighted by Gasteiger charge is 2.11. The summed E-state index contributed by atoms with van der Waals surface area (Å²) in [6, 6.07) is 1.69. The Hall–Kier alpha value is -0.920. The molecule has 82 valence electrons. The van der Waals surface area contributed by atoms with Gasteiger partial charge in [-0.25, -0.2) is 10.3 Å². The molecular weight excluding hydrogens is 286 g/mol. The first-order valence-electron chi connectivity index (χ1n) is 3.90. The number of hydrogen-bond donors (Lipinski definition) is 2. The van der Waals surface area contributed by atoms with Crippen molar-refractivity contribution in [2.75, 3.05) is 6.61 Å². The Labute approximate surface area is 98.1 Å². The zero-order valence-electron chi connectivity index (χ0n) is 7.74. The average molecular weight is 294 g/mol. The molecule has 1 aromatic heterocycles. The molecule has 1 rings (SSSR count). The number of aliphatic carboxylic acids is 1. The van der Waals surface area contributed by atoms with Gasteiger partial charge in [0.25, 0.3) is 5.91 Å². The normalized spacial score (nSPS) is 10.0. The predicted molar refractivity (Wildman–Crippen MR) is 57.8 cm³/mol. The van der Waals surface area contributed by atoms with Crippen LogP contribution in [0, 0.1) is 6.92 Å². The summed E-state index contributed by atoms with van der Waals surface area (Å²) in [7, 11) is 0. The highest BCUT2D eigenvalue weighted by atomic mass is 79.9. The Kier molecular flexibility index (Phi) is 4.25. The molecule has 0 aliphatic rings. The number of thiophene rings is 1. The highest BCUT2D eigenvalue weighted by Crippen LogP contribution is 2.27. The third kappa shape index (κ3) is 3.61. The van der Waals surface area contributed by atoms with E-state index < -0.39 is 18.5 Å². The molecule has 7 heteroatoms. The van der Waals surface area contributed by atoms with Crippen LogP contribution in [-0.4, -0.2) is 23.6 Å². The van der Waals surface area contributed by atoms with Crippen molar-refractivity contribution < 1.29 is 19.5 Å². The fourth-order valence-electron chi connectivity index (χ4n) is 0.785. The van der Waals surface area contributed by atoms with Crippen molar-refractivity contribution in [1.29, 1.82) is 0 Å². The second-order valence-electron chi connectivity index (χ2n) is 2.68. The molecule has 2 N–H and O–H groups in total. The number of carbonyl (C=O) groups is 2. The van der Waals surface area contributed by atoms with Gasteiger partial charge in [0.15, 0.2) is 6.61 Å². The topological polar surface area (TPSA) is 75.6 Å². The number of halogens is 1. The molecular formula is C8H8BrNO4S. The van der Waals surface area contributed by atoms with Crippen molar-refractivity contribution in [2.45, 2.75) is 6.92 Å². The zero-order chi connectivity index (χ0) is 11.4. The van der Waals surface area contributed by atoms with Crippen molar-refractivity contribution in [3.63, 3.8) is 0 Å². The van der Waals surface area contributed by atoms with E-state index in [1.165, 1.54) is 11.3 Å². The van der Waals surface area contributed by atoms with Crippen LogP contribution in [0.25, 0.3) is 0 Å². The van der Waals surface area contributed by atoms with Gasteiger partial charge in [-0.05, 0) is 34.5 Å². The van der Waals surface area contributed by atoms with E-state index in [4.69, 9.17) is 5.11 Å². The summed E-state index contributed by atoms with van der Waals surface area (Å²) >= 11 is 4.54. The van der Waals surface area contributed by atoms with Gasteiger partial charge >= 0.3 is 5.97 Å². The van der Waals surface area contributed by atoms with Gasteiger partial charge in [0.1, 0.15) is 0 Å². The van der Waals surface area contributed by atoms with Crippen LogP contribution in [0.5, 0.6) is 0 Å². The molecule has 1 aromatic rings. The summed E-state index contributed by atoms with van der Waals surface area (Å²) in [5.74, 6) is -1.59. The Morgan fingerprint density at radius 2 is 2.33 bits per heavy atom. The van der Waals surface area contributed by atoms with Gasteiger partial charge in [0.05, 0.1) is 8.66 Å². The van der Waals surface area contributed by atoms with E-state index in [9.17, 15) is 9.59 Å². The lowest BCUT2D eigenvalue weighted by Gasteiger charge is -2.00. The summed E-state index contributed by atoms with van der Waals surface area (Å²) in [6.45, 7) is 1.30. The Morgan fingerprint density at radius 3 is 2.80 bits per heavy atom. The minimum absolute atomic E-state index is 0.449. The Bertz CT molecular complexity index is 370. The number of carboxylic acid groups (broad SMARTS) is 1. The molecule has 0 aromatic carbocycles. The molecule has 1 heterocycles. The zero-order valence-corrected chi connectivity index (χ0v) is 10.1. The number of hydroxylamine groups is 1. The van der Waals surface area contributed by atoms with Gasteiger partial charge < -0.3 is 5.11 Å². The van der Waals surface area contributed by atoms with Gasteiger partial charge in [-0.1, -0.05) is 0 Å². The van der Waals surface area contributed by atoms with Crippen molar-refractivity contribution in [3.8, 4) is 0 Å². The number of rotatable bonds is 4. The second kappa shape index (κ2) is 5.24. The van der Waals surface area contributed by atoms with Crippen molar-refractivity contribution >= 4 is 39.1 Å². The van der Waals surface area contributed by atoms with Crippen molar-refractivity contribution in [3.05, 3.63) is 20.3 Å². The van der Waals surface area contributed by atoms with Crippen LogP contribution in [0.3, 0.4) is 0 Å². The minimum Gasteiger partial charge on any atom is -0.479 e. The van der Waals surface area contributed by atoms with Crippen LogP contribution in [0.1, 0.15) is 15.2 Å². The molecule has 0 fully saturated rings. The van der Waals surface area contributed by atoms with Gasteiger partial charge in [0.2, 0.25) is 0 Å². The third-order valence-corrected chi connectivity index (χ3v) is 3.58. The van der Waals surface area contributed by atoms with Crippen LogP contribution in [0.4, 0.5) is 0 Å². The van der Waals surface area contributed by atoms with Crippen LogP contribution in [-0.2, 0) is 9.63 Å². The van der Waals surface area contributed by atoms with E-state index in [-0.39, 0.29) is 0 Å². The quantitative estimate of drug-likeness (QED) is 0.826. The first-order chi connectivity index (χ1) is 7.00. The van der Waals surface area contributed by atoms with E-state index >= 15 is 0 Å². The summed E-state index contributed by atoms with van der Waals surface area (Å²) < 4.78 is 0.867. The lowest BCUT2D eigenvalue weighted by Crippen LogP contribution is -2.25. The van der Waals surface area contributed by atoms with Gasteiger partial charge in [-0.2, -0.15) is 0 Å². The standard InChI is InChI=1S/C8H8BrNO4S/c1-4-2-5(15-7(4)9)8(13)10-14-3-6(11)12/h2H,3H2,1H3,(H,10,13)(H,11,12). The maximum atomic E-state index is 11.4. The maximum absolute atomic E-state index is 11.4. The molecule has 0 radical (unpaired) electrons. The number of amides is 1. The van der Waals surface area contributed by atoms with Crippen LogP contribution in [0.15, 0.2) is 9.85 Å². The van der Waals surface area contributed by atoms with Crippen molar-refractivity contribution in [1.82, 2.24) is 5.48 Å². The summed E-state index contributed by atoms with van der Waals surface area (Å²) in [4.78, 5) is 26.4. The Balaban J connectivity index is 2.50. The van der Waals surface area contributed by atoms with E-state index in [2.05, 4.69) is 20.8 Å². The summed E-state index contributed by atoms with van der Waals surface area (Å²) in [5.41, 5.74) is 2.99. The fourth-order valence-corrected chi connectivity index (χ4v) is 2.21. The predicted octanol–water partition coefficient (Wildman–Crippen LogP) is 1.57. The number of nitrogens with one attached hydrogen (secondary N) is 1. The fraction of sp³-hybridized carbons (Fsp3) is 0.250. The SMILES string of the molecule is Cc1cc(C(=O)NOCC(=O)O)sc1Br. The summed E-state index contributed by atoms with van der Waals surface area (Å²) in [6.07, 6.45) is 0.